The van der Waals surface area contributed by atoms with Gasteiger partial charge < -0.3 is 4.74 Å². The summed E-state index contributed by atoms with van der Waals surface area (Å²) < 4.78 is 18.4. The van der Waals surface area contributed by atoms with Gasteiger partial charge in [-0.2, -0.15) is 5.26 Å². The highest BCUT2D eigenvalue weighted by Crippen LogP contribution is 2.15. The van der Waals surface area contributed by atoms with Gasteiger partial charge in [0, 0.05) is 6.07 Å². The molecule has 3 nitrogen and oxygen atoms in total. The SMILES string of the molecule is CCNC(C)(C#N)CCCCOc1cccc(F)c1. The Morgan fingerprint density at radius 3 is 2.84 bits per heavy atom. The number of hydrogen-bond acceptors (Lipinski definition) is 3. The molecule has 0 saturated heterocycles. The monoisotopic (exact) mass is 264 g/mol. The van der Waals surface area contributed by atoms with Gasteiger partial charge in [-0.25, -0.2) is 4.39 Å². The molecule has 0 bridgehead atoms. The van der Waals surface area contributed by atoms with E-state index in [4.69, 9.17) is 10.00 Å². The van der Waals surface area contributed by atoms with Gasteiger partial charge >= 0.3 is 0 Å². The number of halogens is 1. The number of unbranched alkanes of at least 4 members (excludes halogenated alkanes) is 1. The van der Waals surface area contributed by atoms with E-state index in [2.05, 4.69) is 11.4 Å². The van der Waals surface area contributed by atoms with Gasteiger partial charge in [0.05, 0.1) is 12.7 Å². The number of nitrogens with zero attached hydrogens (tertiary/aromatic N) is 1. The van der Waals surface area contributed by atoms with Crippen molar-refractivity contribution < 1.29 is 9.13 Å². The smallest absolute Gasteiger partial charge is 0.126 e. The second-order valence-corrected chi connectivity index (χ2v) is 4.74. The van der Waals surface area contributed by atoms with Gasteiger partial charge in [-0.1, -0.05) is 13.0 Å². The van der Waals surface area contributed by atoms with Crippen LogP contribution in [0.4, 0.5) is 4.39 Å². The summed E-state index contributed by atoms with van der Waals surface area (Å²) in [6.07, 6.45) is 2.52. The fraction of sp³-hybridized carbons (Fsp3) is 0.533. The second-order valence-electron chi connectivity index (χ2n) is 4.74. The fourth-order valence-corrected chi connectivity index (χ4v) is 1.90. The lowest BCUT2D eigenvalue weighted by molar-refractivity contribution is 0.294. The maximum Gasteiger partial charge on any atom is 0.126 e. The maximum atomic E-state index is 12.9. The van der Waals surface area contributed by atoms with E-state index in [1.54, 1.807) is 12.1 Å². The van der Waals surface area contributed by atoms with Crippen molar-refractivity contribution in [1.82, 2.24) is 5.32 Å². The van der Waals surface area contributed by atoms with Crippen LogP contribution in [-0.4, -0.2) is 18.7 Å². The molecule has 19 heavy (non-hydrogen) atoms. The minimum Gasteiger partial charge on any atom is -0.493 e. The minimum absolute atomic E-state index is 0.290. The highest BCUT2D eigenvalue weighted by atomic mass is 19.1. The second kappa shape index (κ2) is 7.75. The summed E-state index contributed by atoms with van der Waals surface area (Å²) in [6.45, 7) is 5.22. The van der Waals surface area contributed by atoms with E-state index >= 15 is 0 Å². The molecule has 1 N–H and O–H groups in total. The molecule has 0 heterocycles. The normalized spacial score (nSPS) is 13.6. The molecular formula is C15H21FN2O. The van der Waals surface area contributed by atoms with Crippen LogP contribution in [0, 0.1) is 17.1 Å². The summed E-state index contributed by atoms with van der Waals surface area (Å²) in [7, 11) is 0. The van der Waals surface area contributed by atoms with E-state index in [1.807, 2.05) is 13.8 Å². The number of rotatable bonds is 8. The molecule has 104 valence electrons. The maximum absolute atomic E-state index is 12.9. The fourth-order valence-electron chi connectivity index (χ4n) is 1.90. The zero-order valence-corrected chi connectivity index (χ0v) is 11.6. The molecule has 0 radical (unpaired) electrons. The van der Waals surface area contributed by atoms with Crippen LogP contribution < -0.4 is 10.1 Å². The standard InChI is InChI=1S/C15H21FN2O/c1-3-18-15(2,12-17)9-4-5-10-19-14-8-6-7-13(16)11-14/h6-8,11,18H,3-5,9-10H2,1-2H3. The highest BCUT2D eigenvalue weighted by molar-refractivity contribution is 5.22. The number of ether oxygens (including phenoxy) is 1. The Labute approximate surface area is 114 Å². The molecule has 0 aliphatic carbocycles. The first-order valence-corrected chi connectivity index (χ1v) is 6.64. The molecule has 1 rings (SSSR count). The van der Waals surface area contributed by atoms with Gasteiger partial charge in [-0.15, -0.1) is 0 Å². The van der Waals surface area contributed by atoms with Crippen molar-refractivity contribution in [2.75, 3.05) is 13.2 Å². The van der Waals surface area contributed by atoms with Gasteiger partial charge in [0.25, 0.3) is 0 Å². The van der Waals surface area contributed by atoms with E-state index in [0.29, 0.717) is 12.4 Å². The molecule has 0 aromatic heterocycles. The Kier molecular flexibility index (Phi) is 6.31. The Balaban J connectivity index is 2.23. The summed E-state index contributed by atoms with van der Waals surface area (Å²) in [6, 6.07) is 8.42. The van der Waals surface area contributed by atoms with Gasteiger partial charge in [0.2, 0.25) is 0 Å². The lowest BCUT2D eigenvalue weighted by atomic mass is 9.97. The third-order valence-corrected chi connectivity index (χ3v) is 2.95. The average molecular weight is 264 g/mol. The van der Waals surface area contributed by atoms with Crippen LogP contribution in [0.1, 0.15) is 33.1 Å². The van der Waals surface area contributed by atoms with Crippen LogP contribution in [0.15, 0.2) is 24.3 Å². The van der Waals surface area contributed by atoms with Gasteiger partial charge in [0.1, 0.15) is 17.1 Å². The molecule has 1 aromatic rings. The predicted molar refractivity (Wildman–Crippen MR) is 73.4 cm³/mol. The third kappa shape index (κ3) is 5.71. The van der Waals surface area contributed by atoms with Crippen molar-refractivity contribution in [1.29, 1.82) is 5.26 Å². The molecule has 4 heteroatoms. The van der Waals surface area contributed by atoms with Crippen LogP contribution in [0.2, 0.25) is 0 Å². The van der Waals surface area contributed by atoms with Crippen LogP contribution >= 0.6 is 0 Å². The van der Waals surface area contributed by atoms with Crippen molar-refractivity contribution in [2.45, 2.75) is 38.6 Å². The minimum atomic E-state index is -0.465. The van der Waals surface area contributed by atoms with E-state index < -0.39 is 5.54 Å². The molecule has 0 aliphatic rings. The Morgan fingerprint density at radius 2 is 2.21 bits per heavy atom. The lowest BCUT2D eigenvalue weighted by Gasteiger charge is -2.22. The summed E-state index contributed by atoms with van der Waals surface area (Å²) in [5.74, 6) is 0.261. The van der Waals surface area contributed by atoms with Crippen LogP contribution in [0.3, 0.4) is 0 Å². The van der Waals surface area contributed by atoms with E-state index in [0.717, 1.165) is 25.8 Å². The topological polar surface area (TPSA) is 45.0 Å². The Hall–Kier alpha value is -1.60. The zero-order chi connectivity index (χ0) is 14.1. The summed E-state index contributed by atoms with van der Waals surface area (Å²) in [4.78, 5) is 0. The quantitative estimate of drug-likeness (QED) is 0.733. The number of hydrogen-bond donors (Lipinski definition) is 1. The summed E-state index contributed by atoms with van der Waals surface area (Å²) in [5, 5.41) is 12.3. The molecule has 0 amide bonds. The molecule has 0 spiro atoms. The van der Waals surface area contributed by atoms with Gasteiger partial charge in [-0.05, 0) is 44.9 Å². The molecular weight excluding hydrogens is 243 g/mol. The van der Waals surface area contributed by atoms with Crippen LogP contribution in [-0.2, 0) is 0 Å². The van der Waals surface area contributed by atoms with Crippen LogP contribution in [0.5, 0.6) is 5.75 Å². The third-order valence-electron chi connectivity index (χ3n) is 2.95. The Bertz CT molecular complexity index is 430. The molecule has 0 aliphatic heterocycles. The van der Waals surface area contributed by atoms with E-state index in [1.165, 1.54) is 12.1 Å². The van der Waals surface area contributed by atoms with Crippen LogP contribution in [0.25, 0.3) is 0 Å². The highest BCUT2D eigenvalue weighted by Gasteiger charge is 2.21. The van der Waals surface area contributed by atoms with Crippen molar-refractivity contribution in [2.24, 2.45) is 0 Å². The molecule has 1 aromatic carbocycles. The first-order chi connectivity index (χ1) is 9.09. The predicted octanol–water partition coefficient (Wildman–Crippen LogP) is 3.27. The van der Waals surface area contributed by atoms with E-state index in [-0.39, 0.29) is 5.82 Å². The van der Waals surface area contributed by atoms with Crippen molar-refractivity contribution in [3.63, 3.8) is 0 Å². The number of nitrogens with one attached hydrogen (secondary N) is 1. The molecule has 1 atom stereocenters. The molecule has 1 unspecified atom stereocenters. The largest absolute Gasteiger partial charge is 0.493 e. The average Bonchev–Trinajstić information content (AvgIpc) is 2.39. The van der Waals surface area contributed by atoms with Crippen molar-refractivity contribution in [3.05, 3.63) is 30.1 Å². The first kappa shape index (κ1) is 15.5. The lowest BCUT2D eigenvalue weighted by Crippen LogP contribution is -2.40. The number of benzene rings is 1. The zero-order valence-electron chi connectivity index (χ0n) is 11.6. The molecule has 0 fully saturated rings. The summed E-state index contributed by atoms with van der Waals surface area (Å²) in [5.41, 5.74) is -0.465. The Morgan fingerprint density at radius 1 is 1.42 bits per heavy atom. The first-order valence-electron chi connectivity index (χ1n) is 6.64. The van der Waals surface area contributed by atoms with Crippen molar-refractivity contribution >= 4 is 0 Å². The van der Waals surface area contributed by atoms with Gasteiger partial charge in [-0.3, -0.25) is 5.32 Å². The summed E-state index contributed by atoms with van der Waals surface area (Å²) >= 11 is 0. The van der Waals surface area contributed by atoms with Gasteiger partial charge in [0.15, 0.2) is 0 Å². The van der Waals surface area contributed by atoms with Crippen molar-refractivity contribution in [3.8, 4) is 11.8 Å². The molecule has 0 saturated carbocycles. The van der Waals surface area contributed by atoms with E-state index in [9.17, 15) is 4.39 Å². The number of nitriles is 1.